The standard InChI is InChI=1S/C18H20Br2O2S/c1-5-22-16(21)11-13(3)8-6-7-12(2)9-10-15-18(20)17(19)14(4)23-15/h6-11H,5H2,1-4H3/b8-6?,10-9?,12-7?,13-11+. The molecule has 1 aromatic heterocycles. The summed E-state index contributed by atoms with van der Waals surface area (Å²) < 4.78 is 7.07. The summed E-state index contributed by atoms with van der Waals surface area (Å²) in [6.07, 6.45) is 11.5. The summed E-state index contributed by atoms with van der Waals surface area (Å²) in [7, 11) is 0. The number of hydrogen-bond acceptors (Lipinski definition) is 3. The highest BCUT2D eigenvalue weighted by Gasteiger charge is 2.08. The lowest BCUT2D eigenvalue weighted by Gasteiger charge is -1.96. The Kier molecular flexibility index (Phi) is 8.81. The summed E-state index contributed by atoms with van der Waals surface area (Å²) in [5.41, 5.74) is 1.98. The van der Waals surface area contributed by atoms with E-state index in [2.05, 4.69) is 50.9 Å². The second kappa shape index (κ2) is 10.1. The molecule has 0 unspecified atom stereocenters. The van der Waals surface area contributed by atoms with Gasteiger partial charge in [0.1, 0.15) is 0 Å². The molecule has 0 saturated heterocycles. The number of carbonyl (C=O) groups is 1. The van der Waals surface area contributed by atoms with E-state index < -0.39 is 0 Å². The van der Waals surface area contributed by atoms with Gasteiger partial charge in [0.05, 0.1) is 11.1 Å². The molecule has 2 nitrogen and oxygen atoms in total. The zero-order chi connectivity index (χ0) is 17.4. The Morgan fingerprint density at radius 2 is 1.87 bits per heavy atom. The first-order valence-electron chi connectivity index (χ1n) is 7.17. The highest BCUT2D eigenvalue weighted by Crippen LogP contribution is 2.37. The van der Waals surface area contributed by atoms with Crippen LogP contribution in [0.1, 0.15) is 30.5 Å². The molecule has 0 fully saturated rings. The number of allylic oxidation sites excluding steroid dienone is 6. The molecule has 5 heteroatoms. The van der Waals surface area contributed by atoms with Crippen LogP contribution in [0, 0.1) is 6.92 Å². The number of carbonyl (C=O) groups excluding carboxylic acids is 1. The van der Waals surface area contributed by atoms with Crippen LogP contribution in [-0.4, -0.2) is 12.6 Å². The molecule has 0 aliphatic carbocycles. The molecule has 0 spiro atoms. The minimum Gasteiger partial charge on any atom is -0.463 e. The van der Waals surface area contributed by atoms with Crippen LogP contribution in [0.2, 0.25) is 0 Å². The van der Waals surface area contributed by atoms with Crippen molar-refractivity contribution in [2.45, 2.75) is 27.7 Å². The summed E-state index contributed by atoms with van der Waals surface area (Å²) in [6.45, 7) is 8.18. The number of hydrogen-bond donors (Lipinski definition) is 0. The van der Waals surface area contributed by atoms with E-state index >= 15 is 0 Å². The Morgan fingerprint density at radius 3 is 2.43 bits per heavy atom. The third-order valence-electron chi connectivity index (χ3n) is 2.83. The van der Waals surface area contributed by atoms with Gasteiger partial charge in [-0.25, -0.2) is 4.79 Å². The van der Waals surface area contributed by atoms with Crippen molar-refractivity contribution >= 4 is 55.2 Å². The topological polar surface area (TPSA) is 26.3 Å². The van der Waals surface area contributed by atoms with Gasteiger partial charge in [0, 0.05) is 20.3 Å². The molecule has 0 bridgehead atoms. The second-order valence-corrected chi connectivity index (χ2v) is 7.74. The molecular weight excluding hydrogens is 440 g/mol. The first-order valence-corrected chi connectivity index (χ1v) is 9.57. The maximum Gasteiger partial charge on any atom is 0.330 e. The number of aryl methyl sites for hydroxylation is 1. The van der Waals surface area contributed by atoms with E-state index in [4.69, 9.17) is 4.74 Å². The summed E-state index contributed by atoms with van der Waals surface area (Å²) in [4.78, 5) is 13.7. The van der Waals surface area contributed by atoms with Crippen LogP contribution >= 0.6 is 43.2 Å². The SMILES string of the molecule is CCOC(=O)/C=C(\C)C=CC=C(C)C=Cc1sc(C)c(Br)c1Br. The summed E-state index contributed by atoms with van der Waals surface area (Å²) in [6, 6.07) is 0. The highest BCUT2D eigenvalue weighted by molar-refractivity contribution is 9.13. The molecule has 0 aliphatic heterocycles. The van der Waals surface area contributed by atoms with E-state index in [1.54, 1.807) is 18.3 Å². The Bertz CT molecular complexity index is 679. The molecule has 0 saturated carbocycles. The molecule has 1 heterocycles. The first kappa shape index (κ1) is 20.1. The summed E-state index contributed by atoms with van der Waals surface area (Å²) in [5.74, 6) is -0.307. The maximum absolute atomic E-state index is 11.3. The van der Waals surface area contributed by atoms with Gasteiger partial charge in [-0.05, 0) is 71.2 Å². The largest absolute Gasteiger partial charge is 0.463 e. The molecule has 0 amide bonds. The molecule has 1 rings (SSSR count). The van der Waals surface area contributed by atoms with Crippen LogP contribution in [0.3, 0.4) is 0 Å². The quantitative estimate of drug-likeness (QED) is 0.272. The average Bonchev–Trinajstić information content (AvgIpc) is 2.72. The molecule has 0 atom stereocenters. The first-order chi connectivity index (χ1) is 10.8. The number of halogens is 2. The van der Waals surface area contributed by atoms with Crippen molar-refractivity contribution in [3.05, 3.63) is 60.2 Å². The van der Waals surface area contributed by atoms with E-state index in [1.807, 2.05) is 32.1 Å². The van der Waals surface area contributed by atoms with Crippen molar-refractivity contribution in [2.24, 2.45) is 0 Å². The molecule has 1 aromatic rings. The van der Waals surface area contributed by atoms with Crippen LogP contribution in [0.25, 0.3) is 6.08 Å². The van der Waals surface area contributed by atoms with Crippen molar-refractivity contribution in [1.29, 1.82) is 0 Å². The van der Waals surface area contributed by atoms with Crippen LogP contribution in [0.5, 0.6) is 0 Å². The lowest BCUT2D eigenvalue weighted by atomic mass is 10.2. The van der Waals surface area contributed by atoms with Crippen molar-refractivity contribution in [1.82, 2.24) is 0 Å². The van der Waals surface area contributed by atoms with Crippen LogP contribution in [-0.2, 0) is 9.53 Å². The molecule has 0 N–H and O–H groups in total. The Hall–Kier alpha value is -0.910. The van der Waals surface area contributed by atoms with Crippen LogP contribution in [0.4, 0.5) is 0 Å². The predicted octanol–water partition coefficient (Wildman–Crippen LogP) is 6.61. The fourth-order valence-corrected chi connectivity index (χ4v) is 3.90. The number of esters is 1. The smallest absolute Gasteiger partial charge is 0.330 e. The number of rotatable bonds is 6. The van der Waals surface area contributed by atoms with Crippen molar-refractivity contribution < 1.29 is 9.53 Å². The Morgan fingerprint density at radius 1 is 1.17 bits per heavy atom. The van der Waals surface area contributed by atoms with Gasteiger partial charge in [0.2, 0.25) is 0 Å². The predicted molar refractivity (Wildman–Crippen MR) is 107 cm³/mol. The molecule has 0 radical (unpaired) electrons. The fraction of sp³-hybridized carbons (Fsp3) is 0.278. The third-order valence-corrected chi connectivity index (χ3v) is 6.77. The van der Waals surface area contributed by atoms with Gasteiger partial charge in [-0.2, -0.15) is 0 Å². The molecule has 23 heavy (non-hydrogen) atoms. The lowest BCUT2D eigenvalue weighted by Crippen LogP contribution is -1.99. The Balaban J connectivity index is 2.70. The van der Waals surface area contributed by atoms with Gasteiger partial charge >= 0.3 is 5.97 Å². The fourth-order valence-electron chi connectivity index (χ4n) is 1.66. The van der Waals surface area contributed by atoms with Gasteiger partial charge in [0.15, 0.2) is 0 Å². The van der Waals surface area contributed by atoms with E-state index in [0.29, 0.717) is 6.61 Å². The maximum atomic E-state index is 11.3. The minimum atomic E-state index is -0.307. The van der Waals surface area contributed by atoms with E-state index in [0.717, 1.165) is 20.1 Å². The number of ether oxygens (including phenoxy) is 1. The monoisotopic (exact) mass is 458 g/mol. The van der Waals surface area contributed by atoms with E-state index in [-0.39, 0.29) is 5.97 Å². The van der Waals surface area contributed by atoms with Crippen LogP contribution in [0.15, 0.2) is 50.5 Å². The summed E-state index contributed by atoms with van der Waals surface area (Å²) in [5, 5.41) is 0. The average molecular weight is 460 g/mol. The molecular formula is C18H20Br2O2S. The van der Waals surface area contributed by atoms with E-state index in [9.17, 15) is 4.79 Å². The van der Waals surface area contributed by atoms with Gasteiger partial charge in [-0.1, -0.05) is 29.9 Å². The molecule has 0 aromatic carbocycles. The lowest BCUT2D eigenvalue weighted by molar-refractivity contribution is -0.137. The van der Waals surface area contributed by atoms with E-state index in [1.165, 1.54) is 15.8 Å². The normalized spacial score (nSPS) is 13.3. The van der Waals surface area contributed by atoms with Crippen molar-refractivity contribution in [2.75, 3.05) is 6.61 Å². The van der Waals surface area contributed by atoms with Crippen LogP contribution < -0.4 is 0 Å². The summed E-state index contributed by atoms with van der Waals surface area (Å²) >= 11 is 8.88. The van der Waals surface area contributed by atoms with Crippen molar-refractivity contribution in [3.8, 4) is 0 Å². The molecule has 0 aliphatic rings. The van der Waals surface area contributed by atoms with Gasteiger partial charge in [0.25, 0.3) is 0 Å². The number of thiophene rings is 1. The zero-order valence-corrected chi connectivity index (χ0v) is 17.6. The molecule has 124 valence electrons. The zero-order valence-electron chi connectivity index (χ0n) is 13.7. The van der Waals surface area contributed by atoms with Gasteiger partial charge < -0.3 is 4.74 Å². The minimum absolute atomic E-state index is 0.307. The van der Waals surface area contributed by atoms with Crippen molar-refractivity contribution in [3.63, 3.8) is 0 Å². The van der Waals surface area contributed by atoms with Gasteiger partial charge in [-0.15, -0.1) is 11.3 Å². The second-order valence-electron chi connectivity index (χ2n) is 4.89. The van der Waals surface area contributed by atoms with Gasteiger partial charge in [-0.3, -0.25) is 0 Å². The highest BCUT2D eigenvalue weighted by atomic mass is 79.9. The Labute approximate surface area is 158 Å². The third kappa shape index (κ3) is 7.02.